The minimum Gasteiger partial charge on any atom is -0.307 e. The van der Waals surface area contributed by atoms with Gasteiger partial charge in [-0.2, -0.15) is 0 Å². The van der Waals surface area contributed by atoms with Gasteiger partial charge in [-0.05, 0) is 5.56 Å². The van der Waals surface area contributed by atoms with Gasteiger partial charge in [-0.1, -0.05) is 12.1 Å². The van der Waals surface area contributed by atoms with Crippen molar-refractivity contribution in [1.29, 1.82) is 0 Å². The van der Waals surface area contributed by atoms with Crippen LogP contribution in [0.3, 0.4) is 0 Å². The van der Waals surface area contributed by atoms with E-state index in [0.29, 0.717) is 6.54 Å². The fourth-order valence-corrected chi connectivity index (χ4v) is 4.59. The van der Waals surface area contributed by atoms with Crippen LogP contribution in [0.1, 0.15) is 5.56 Å². The van der Waals surface area contributed by atoms with E-state index in [1.807, 2.05) is 0 Å². The zero-order valence-electron chi connectivity index (χ0n) is 9.95. The molecule has 0 spiro atoms. The van der Waals surface area contributed by atoms with Crippen molar-refractivity contribution in [3.63, 3.8) is 0 Å². The average Bonchev–Trinajstić information content (AvgIpc) is 2.60. The average molecular weight is 305 g/mol. The van der Waals surface area contributed by atoms with Crippen molar-refractivity contribution in [2.24, 2.45) is 0 Å². The maximum absolute atomic E-state index is 11.4. The second kappa shape index (κ2) is 5.44. The molecule has 104 valence electrons. The standard InChI is InChI=1S/C11H13ClN2O4S/c12-10-6-19(17,18)7-11(10)13-5-8-1-3-9(4-2-8)14(15)16/h1-4,10-11,13H,5-7H2/t10-,11+/m0/s1. The number of rotatable bonds is 4. The summed E-state index contributed by atoms with van der Waals surface area (Å²) >= 11 is 5.96. The Morgan fingerprint density at radius 1 is 1.32 bits per heavy atom. The van der Waals surface area contributed by atoms with Crippen molar-refractivity contribution in [3.8, 4) is 0 Å². The highest BCUT2D eigenvalue weighted by Gasteiger charge is 2.35. The largest absolute Gasteiger partial charge is 0.307 e. The lowest BCUT2D eigenvalue weighted by atomic mass is 10.2. The number of nitrogens with zero attached hydrogens (tertiary/aromatic N) is 1. The third-order valence-corrected chi connectivity index (χ3v) is 5.37. The van der Waals surface area contributed by atoms with Gasteiger partial charge < -0.3 is 5.32 Å². The number of sulfone groups is 1. The van der Waals surface area contributed by atoms with Crippen molar-refractivity contribution in [2.75, 3.05) is 11.5 Å². The first-order chi connectivity index (χ1) is 8.87. The van der Waals surface area contributed by atoms with E-state index in [1.54, 1.807) is 12.1 Å². The molecule has 1 aromatic carbocycles. The Labute approximate surface area is 115 Å². The molecule has 6 nitrogen and oxygen atoms in total. The van der Waals surface area contributed by atoms with Gasteiger partial charge in [-0.3, -0.25) is 10.1 Å². The predicted molar refractivity (Wildman–Crippen MR) is 72.0 cm³/mol. The van der Waals surface area contributed by atoms with E-state index in [-0.39, 0.29) is 23.2 Å². The Bertz CT molecular complexity index is 573. The molecule has 8 heteroatoms. The van der Waals surface area contributed by atoms with Crippen molar-refractivity contribution in [2.45, 2.75) is 18.0 Å². The molecular weight excluding hydrogens is 292 g/mol. The third kappa shape index (κ3) is 3.65. The van der Waals surface area contributed by atoms with Gasteiger partial charge in [-0.15, -0.1) is 11.6 Å². The van der Waals surface area contributed by atoms with Crippen LogP contribution in [-0.4, -0.2) is 36.3 Å². The van der Waals surface area contributed by atoms with Crippen molar-refractivity contribution < 1.29 is 13.3 Å². The van der Waals surface area contributed by atoms with Crippen molar-refractivity contribution >= 4 is 27.1 Å². The van der Waals surface area contributed by atoms with E-state index in [4.69, 9.17) is 11.6 Å². The van der Waals surface area contributed by atoms with Crippen LogP contribution in [0.2, 0.25) is 0 Å². The fraction of sp³-hybridized carbons (Fsp3) is 0.455. The fourth-order valence-electron chi connectivity index (χ4n) is 1.98. The molecule has 0 saturated carbocycles. The van der Waals surface area contributed by atoms with Gasteiger partial charge >= 0.3 is 0 Å². The van der Waals surface area contributed by atoms with Gasteiger partial charge in [0.05, 0.1) is 21.8 Å². The summed E-state index contributed by atoms with van der Waals surface area (Å²) in [6.45, 7) is 0.432. The molecule has 0 radical (unpaired) electrons. The van der Waals surface area contributed by atoms with E-state index >= 15 is 0 Å². The van der Waals surface area contributed by atoms with Crippen LogP contribution in [-0.2, 0) is 16.4 Å². The highest BCUT2D eigenvalue weighted by Crippen LogP contribution is 2.19. The Balaban J connectivity index is 1.94. The van der Waals surface area contributed by atoms with Gasteiger partial charge in [0, 0.05) is 24.7 Å². The first kappa shape index (κ1) is 14.2. The zero-order chi connectivity index (χ0) is 14.0. The van der Waals surface area contributed by atoms with Crippen molar-refractivity contribution in [3.05, 3.63) is 39.9 Å². The van der Waals surface area contributed by atoms with Crippen LogP contribution in [0.25, 0.3) is 0 Å². The van der Waals surface area contributed by atoms with Gasteiger partial charge in [0.25, 0.3) is 5.69 Å². The summed E-state index contributed by atoms with van der Waals surface area (Å²) in [4.78, 5) is 10.0. The number of halogens is 1. The highest BCUT2D eigenvalue weighted by atomic mass is 35.5. The maximum Gasteiger partial charge on any atom is 0.269 e. The molecule has 19 heavy (non-hydrogen) atoms. The number of hydrogen-bond acceptors (Lipinski definition) is 5. The minimum atomic E-state index is -3.05. The van der Waals surface area contributed by atoms with Crippen LogP contribution in [0.4, 0.5) is 5.69 Å². The number of alkyl halides is 1. The number of hydrogen-bond donors (Lipinski definition) is 1. The van der Waals surface area contributed by atoms with Crippen LogP contribution in [0.15, 0.2) is 24.3 Å². The Morgan fingerprint density at radius 2 is 1.95 bits per heavy atom. The SMILES string of the molecule is O=[N+]([O-])c1ccc(CN[C@@H]2CS(=O)(=O)C[C@@H]2Cl)cc1. The Morgan fingerprint density at radius 3 is 2.42 bits per heavy atom. The van der Waals surface area contributed by atoms with E-state index in [0.717, 1.165) is 5.56 Å². The summed E-state index contributed by atoms with van der Waals surface area (Å²) in [7, 11) is -3.05. The molecule has 1 aliphatic heterocycles. The molecule has 1 saturated heterocycles. The normalized spacial score (nSPS) is 25.3. The van der Waals surface area contributed by atoms with Gasteiger partial charge in [0.15, 0.2) is 9.84 Å². The molecule has 1 N–H and O–H groups in total. The van der Waals surface area contributed by atoms with E-state index < -0.39 is 20.1 Å². The van der Waals surface area contributed by atoms with Crippen LogP contribution in [0, 0.1) is 10.1 Å². The monoisotopic (exact) mass is 304 g/mol. The molecule has 0 amide bonds. The summed E-state index contributed by atoms with van der Waals surface area (Å²) in [5, 5.41) is 13.1. The van der Waals surface area contributed by atoms with Crippen LogP contribution < -0.4 is 5.32 Å². The second-order valence-electron chi connectivity index (χ2n) is 4.50. The third-order valence-electron chi connectivity index (χ3n) is 3.00. The Kier molecular flexibility index (Phi) is 4.07. The summed E-state index contributed by atoms with van der Waals surface area (Å²) in [5.74, 6) is 0.0284. The number of nitrogens with one attached hydrogen (secondary N) is 1. The summed E-state index contributed by atoms with van der Waals surface area (Å²) in [6, 6.07) is 5.83. The molecule has 2 atom stereocenters. The van der Waals surface area contributed by atoms with Crippen LogP contribution in [0.5, 0.6) is 0 Å². The molecule has 1 aliphatic rings. The van der Waals surface area contributed by atoms with E-state index in [1.165, 1.54) is 12.1 Å². The van der Waals surface area contributed by atoms with Crippen LogP contribution >= 0.6 is 11.6 Å². The molecule has 2 rings (SSSR count). The highest BCUT2D eigenvalue weighted by molar-refractivity contribution is 7.91. The number of nitro benzene ring substituents is 1. The lowest BCUT2D eigenvalue weighted by Gasteiger charge is -2.14. The molecule has 1 aromatic rings. The summed E-state index contributed by atoms with van der Waals surface area (Å²) < 4.78 is 22.8. The zero-order valence-corrected chi connectivity index (χ0v) is 11.5. The molecule has 0 aliphatic carbocycles. The second-order valence-corrected chi connectivity index (χ2v) is 7.22. The minimum absolute atomic E-state index is 0.00746. The van der Waals surface area contributed by atoms with Gasteiger partial charge in [0.2, 0.25) is 0 Å². The topological polar surface area (TPSA) is 89.3 Å². The predicted octanol–water partition coefficient (Wildman–Crippen LogP) is 1.09. The molecule has 0 bridgehead atoms. The number of benzene rings is 1. The van der Waals surface area contributed by atoms with Gasteiger partial charge in [-0.25, -0.2) is 8.42 Å². The van der Waals surface area contributed by atoms with Crippen molar-refractivity contribution in [1.82, 2.24) is 5.32 Å². The van der Waals surface area contributed by atoms with Gasteiger partial charge in [0.1, 0.15) is 0 Å². The quantitative estimate of drug-likeness (QED) is 0.511. The number of non-ortho nitro benzene ring substituents is 1. The molecule has 0 unspecified atom stereocenters. The lowest BCUT2D eigenvalue weighted by molar-refractivity contribution is -0.384. The maximum atomic E-state index is 11.4. The molecule has 1 fully saturated rings. The molecule has 0 aromatic heterocycles. The molecular formula is C11H13ClN2O4S. The first-order valence-corrected chi connectivity index (χ1v) is 7.94. The summed E-state index contributed by atoms with van der Waals surface area (Å²) in [5.41, 5.74) is 0.876. The van der Waals surface area contributed by atoms with E-state index in [2.05, 4.69) is 5.32 Å². The Hall–Kier alpha value is -1.18. The lowest BCUT2D eigenvalue weighted by Crippen LogP contribution is -2.35. The smallest absolute Gasteiger partial charge is 0.269 e. The van der Waals surface area contributed by atoms with E-state index in [9.17, 15) is 18.5 Å². The first-order valence-electron chi connectivity index (χ1n) is 5.68. The molecule has 1 heterocycles. The number of nitro groups is 1. The summed E-state index contributed by atoms with van der Waals surface area (Å²) in [6.07, 6.45) is 0.